The molecule has 0 fully saturated rings. The van der Waals surface area contributed by atoms with E-state index >= 15 is 0 Å². The standard InChI is InChI=1S/C32H36N2O4/c1-19(2)25-10-12-26(13-11-25)21(4)33-31(35)27-14-15-30-29(17-27)20(3)22(5)34(30)18-24-8-7-9-28(16-24)38-23(6)32(36)37/h7-17,19,21,23H,18H2,1-6H3,(H,33,35)(H,36,37)/t21-,23+/m0/s1. The number of ether oxygens (including phenoxy) is 1. The predicted octanol–water partition coefficient (Wildman–Crippen LogP) is 6.77. The molecule has 1 aromatic heterocycles. The summed E-state index contributed by atoms with van der Waals surface area (Å²) in [7, 11) is 0. The van der Waals surface area contributed by atoms with Crippen molar-refractivity contribution in [2.24, 2.45) is 0 Å². The van der Waals surface area contributed by atoms with Gasteiger partial charge in [-0.15, -0.1) is 0 Å². The first kappa shape index (κ1) is 27.0. The number of carboxylic acids is 1. The summed E-state index contributed by atoms with van der Waals surface area (Å²) in [5.41, 5.74) is 7.26. The molecular weight excluding hydrogens is 476 g/mol. The van der Waals surface area contributed by atoms with Gasteiger partial charge in [-0.05, 0) is 86.2 Å². The molecule has 0 aliphatic carbocycles. The Bertz CT molecular complexity index is 1470. The highest BCUT2D eigenvalue weighted by Crippen LogP contribution is 2.28. The number of aliphatic carboxylic acids is 1. The summed E-state index contributed by atoms with van der Waals surface area (Å²) < 4.78 is 7.76. The fourth-order valence-electron chi connectivity index (χ4n) is 4.68. The molecule has 4 aromatic rings. The lowest BCUT2D eigenvalue weighted by Crippen LogP contribution is -2.26. The zero-order chi connectivity index (χ0) is 27.6. The van der Waals surface area contributed by atoms with Gasteiger partial charge in [0.1, 0.15) is 5.75 Å². The van der Waals surface area contributed by atoms with Gasteiger partial charge in [0.05, 0.1) is 6.04 Å². The van der Waals surface area contributed by atoms with E-state index < -0.39 is 12.1 Å². The Kier molecular flexibility index (Phi) is 7.91. The van der Waals surface area contributed by atoms with Gasteiger partial charge in [0.2, 0.25) is 0 Å². The van der Waals surface area contributed by atoms with Gasteiger partial charge in [0, 0.05) is 28.7 Å². The largest absolute Gasteiger partial charge is 0.479 e. The summed E-state index contributed by atoms with van der Waals surface area (Å²) >= 11 is 0. The van der Waals surface area contributed by atoms with Crippen LogP contribution in [-0.2, 0) is 11.3 Å². The summed E-state index contributed by atoms with van der Waals surface area (Å²) in [6.45, 7) is 12.6. The van der Waals surface area contributed by atoms with Crippen molar-refractivity contribution in [1.29, 1.82) is 0 Å². The van der Waals surface area contributed by atoms with Gasteiger partial charge >= 0.3 is 5.97 Å². The number of nitrogens with zero attached hydrogens (tertiary/aromatic N) is 1. The number of hydrogen-bond donors (Lipinski definition) is 2. The van der Waals surface area contributed by atoms with Gasteiger partial charge in [-0.1, -0.05) is 50.2 Å². The number of hydrogen-bond acceptors (Lipinski definition) is 3. The first-order chi connectivity index (χ1) is 18.0. The van der Waals surface area contributed by atoms with E-state index in [1.54, 1.807) is 6.07 Å². The summed E-state index contributed by atoms with van der Waals surface area (Å²) in [6, 6.07) is 21.6. The molecule has 38 heavy (non-hydrogen) atoms. The van der Waals surface area contributed by atoms with Gasteiger partial charge in [0.25, 0.3) is 5.91 Å². The van der Waals surface area contributed by atoms with Crippen LogP contribution in [0.5, 0.6) is 5.75 Å². The van der Waals surface area contributed by atoms with Crippen LogP contribution in [0.2, 0.25) is 0 Å². The molecule has 0 spiro atoms. The quantitative estimate of drug-likeness (QED) is 0.259. The van der Waals surface area contributed by atoms with Crippen molar-refractivity contribution in [3.8, 4) is 5.75 Å². The maximum Gasteiger partial charge on any atom is 0.344 e. The van der Waals surface area contributed by atoms with Crippen molar-refractivity contribution in [1.82, 2.24) is 9.88 Å². The van der Waals surface area contributed by atoms with E-state index in [2.05, 4.69) is 61.8 Å². The molecule has 2 atom stereocenters. The van der Waals surface area contributed by atoms with E-state index in [9.17, 15) is 9.59 Å². The lowest BCUT2D eigenvalue weighted by molar-refractivity contribution is -0.144. The third-order valence-corrected chi connectivity index (χ3v) is 7.25. The van der Waals surface area contributed by atoms with Gasteiger partial charge in [0.15, 0.2) is 6.10 Å². The third-order valence-electron chi connectivity index (χ3n) is 7.25. The molecule has 0 radical (unpaired) electrons. The number of carboxylic acid groups (broad SMARTS) is 1. The fourth-order valence-corrected chi connectivity index (χ4v) is 4.68. The Balaban J connectivity index is 1.54. The molecule has 6 nitrogen and oxygen atoms in total. The number of aryl methyl sites for hydroxylation is 1. The Morgan fingerprint density at radius 3 is 2.26 bits per heavy atom. The van der Waals surface area contributed by atoms with Crippen molar-refractivity contribution in [3.63, 3.8) is 0 Å². The topological polar surface area (TPSA) is 80.6 Å². The number of aromatic nitrogens is 1. The Hall–Kier alpha value is -4.06. The van der Waals surface area contributed by atoms with Crippen LogP contribution < -0.4 is 10.1 Å². The number of rotatable bonds is 9. The summed E-state index contributed by atoms with van der Waals surface area (Å²) in [4.78, 5) is 24.3. The maximum absolute atomic E-state index is 13.1. The lowest BCUT2D eigenvalue weighted by atomic mass is 9.99. The second-order valence-corrected chi connectivity index (χ2v) is 10.3. The number of carbonyl (C=O) groups excluding carboxylic acids is 1. The van der Waals surface area contributed by atoms with Crippen LogP contribution in [0, 0.1) is 13.8 Å². The van der Waals surface area contributed by atoms with E-state index in [0.717, 1.165) is 33.3 Å². The molecule has 0 saturated heterocycles. The van der Waals surface area contributed by atoms with E-state index in [1.807, 2.05) is 43.3 Å². The average Bonchev–Trinajstić information content (AvgIpc) is 3.13. The minimum absolute atomic E-state index is 0.102. The predicted molar refractivity (Wildman–Crippen MR) is 151 cm³/mol. The third kappa shape index (κ3) is 5.75. The maximum atomic E-state index is 13.1. The first-order valence-corrected chi connectivity index (χ1v) is 13.0. The Morgan fingerprint density at radius 2 is 1.61 bits per heavy atom. The second-order valence-electron chi connectivity index (χ2n) is 10.3. The normalized spacial score (nSPS) is 12.9. The number of carbonyl (C=O) groups is 2. The SMILES string of the molecule is Cc1c(C)n(Cc2cccc(O[C@H](C)C(=O)O)c2)c2ccc(C(=O)N[C@@H](C)c3ccc(C(C)C)cc3)cc12. The van der Waals surface area contributed by atoms with Gasteiger partial charge < -0.3 is 19.7 Å². The molecule has 6 heteroatoms. The molecule has 0 aliphatic rings. The van der Waals surface area contributed by atoms with Crippen LogP contribution in [0.15, 0.2) is 66.7 Å². The monoisotopic (exact) mass is 512 g/mol. The van der Waals surface area contributed by atoms with Gasteiger partial charge in [-0.25, -0.2) is 4.79 Å². The smallest absolute Gasteiger partial charge is 0.344 e. The molecule has 3 aromatic carbocycles. The van der Waals surface area contributed by atoms with E-state index in [4.69, 9.17) is 9.84 Å². The number of amides is 1. The highest BCUT2D eigenvalue weighted by molar-refractivity contribution is 5.99. The van der Waals surface area contributed by atoms with Gasteiger partial charge in [-0.2, -0.15) is 0 Å². The molecule has 0 aliphatic heterocycles. The number of benzene rings is 3. The van der Waals surface area contributed by atoms with E-state index in [1.165, 1.54) is 12.5 Å². The van der Waals surface area contributed by atoms with Gasteiger partial charge in [-0.3, -0.25) is 4.79 Å². The minimum Gasteiger partial charge on any atom is -0.479 e. The van der Waals surface area contributed by atoms with Crippen LogP contribution >= 0.6 is 0 Å². The molecule has 2 N–H and O–H groups in total. The van der Waals surface area contributed by atoms with E-state index in [-0.39, 0.29) is 11.9 Å². The summed E-state index contributed by atoms with van der Waals surface area (Å²) in [5.74, 6) is -0.112. The Morgan fingerprint density at radius 1 is 0.921 bits per heavy atom. The molecule has 0 bridgehead atoms. The second kappa shape index (κ2) is 11.1. The first-order valence-electron chi connectivity index (χ1n) is 13.0. The Labute approximate surface area is 224 Å². The van der Waals surface area contributed by atoms with Crippen LogP contribution in [0.4, 0.5) is 0 Å². The summed E-state index contributed by atoms with van der Waals surface area (Å²) in [5, 5.41) is 13.3. The molecule has 0 saturated carbocycles. The lowest BCUT2D eigenvalue weighted by Gasteiger charge is -2.16. The summed E-state index contributed by atoms with van der Waals surface area (Å²) in [6.07, 6.45) is -0.923. The zero-order valence-corrected chi connectivity index (χ0v) is 22.9. The van der Waals surface area contributed by atoms with Crippen LogP contribution in [0.25, 0.3) is 10.9 Å². The molecule has 1 amide bonds. The highest BCUT2D eigenvalue weighted by Gasteiger charge is 2.17. The van der Waals surface area contributed by atoms with Crippen molar-refractivity contribution in [3.05, 3.63) is 100 Å². The van der Waals surface area contributed by atoms with E-state index in [0.29, 0.717) is 23.8 Å². The number of fused-ring (bicyclic) bond motifs is 1. The molecule has 4 rings (SSSR count). The van der Waals surface area contributed by atoms with Crippen molar-refractivity contribution >= 4 is 22.8 Å². The van der Waals surface area contributed by atoms with Crippen molar-refractivity contribution in [2.45, 2.75) is 66.2 Å². The zero-order valence-electron chi connectivity index (χ0n) is 22.9. The van der Waals surface area contributed by atoms with Crippen LogP contribution in [0.3, 0.4) is 0 Å². The highest BCUT2D eigenvalue weighted by atomic mass is 16.5. The minimum atomic E-state index is -1.00. The fraction of sp³-hybridized carbons (Fsp3) is 0.312. The molecule has 1 heterocycles. The van der Waals surface area contributed by atoms with Crippen molar-refractivity contribution < 1.29 is 19.4 Å². The average molecular weight is 513 g/mol. The molecular formula is C32H36N2O4. The van der Waals surface area contributed by atoms with Crippen LogP contribution in [-0.4, -0.2) is 27.7 Å². The number of nitrogens with one attached hydrogen (secondary N) is 1. The molecule has 0 unspecified atom stereocenters. The molecule has 198 valence electrons. The van der Waals surface area contributed by atoms with Crippen molar-refractivity contribution in [2.75, 3.05) is 0 Å². The van der Waals surface area contributed by atoms with Crippen LogP contribution in [0.1, 0.15) is 78.0 Å².